The number of pyridine rings is 1. The summed E-state index contributed by atoms with van der Waals surface area (Å²) in [4.78, 5) is 17.9. The van der Waals surface area contributed by atoms with E-state index in [-0.39, 0.29) is 11.3 Å². The Hall–Kier alpha value is -1.58. The maximum atomic E-state index is 11.9. The van der Waals surface area contributed by atoms with E-state index in [1.54, 1.807) is 18.0 Å². The lowest BCUT2D eigenvalue weighted by molar-refractivity contribution is -0.119. The summed E-state index contributed by atoms with van der Waals surface area (Å²) in [6.45, 7) is 0. The van der Waals surface area contributed by atoms with Crippen molar-refractivity contribution in [3.05, 3.63) is 17.8 Å². The van der Waals surface area contributed by atoms with Crippen LogP contribution in [0.4, 0.5) is 11.5 Å². The highest BCUT2D eigenvalue weighted by Crippen LogP contribution is 2.56. The first-order valence-corrected chi connectivity index (χ1v) is 4.70. The normalized spacial score (nSPS) is 21.5. The van der Waals surface area contributed by atoms with Crippen molar-refractivity contribution in [2.75, 3.05) is 17.7 Å². The fourth-order valence-corrected chi connectivity index (χ4v) is 2.20. The lowest BCUT2D eigenvalue weighted by Gasteiger charge is -2.08. The van der Waals surface area contributed by atoms with Crippen LogP contribution in [0.1, 0.15) is 18.5 Å². The molecule has 1 aromatic rings. The van der Waals surface area contributed by atoms with Gasteiger partial charge in [0.25, 0.3) is 0 Å². The number of nitrogen functional groups attached to an aromatic ring is 1. The zero-order chi connectivity index (χ0) is 9.92. The van der Waals surface area contributed by atoms with Gasteiger partial charge in [-0.3, -0.25) is 4.79 Å². The molecule has 72 valence electrons. The number of hydrogen-bond acceptors (Lipinski definition) is 3. The van der Waals surface area contributed by atoms with E-state index in [4.69, 9.17) is 5.73 Å². The highest BCUT2D eigenvalue weighted by molar-refractivity contribution is 6.09. The van der Waals surface area contributed by atoms with E-state index in [0.717, 1.165) is 24.2 Å². The number of carbonyl (C=O) groups is 1. The van der Waals surface area contributed by atoms with Crippen LogP contribution in [-0.2, 0) is 10.2 Å². The number of nitrogens with zero attached hydrogens (tertiary/aromatic N) is 2. The second-order valence-corrected chi connectivity index (χ2v) is 4.05. The van der Waals surface area contributed by atoms with Gasteiger partial charge < -0.3 is 10.6 Å². The molecule has 2 heterocycles. The summed E-state index contributed by atoms with van der Waals surface area (Å²) in [6.07, 6.45) is 1.83. The van der Waals surface area contributed by atoms with Crippen molar-refractivity contribution in [1.29, 1.82) is 0 Å². The van der Waals surface area contributed by atoms with Crippen molar-refractivity contribution in [1.82, 2.24) is 4.98 Å². The number of anilines is 2. The standard InChI is InChI=1S/C10H11N3O/c1-13-6-2-3-7(11)12-8(6)10(4-5-10)9(13)14/h2-3H,4-5H2,1H3,(H2,11,12). The molecular weight excluding hydrogens is 178 g/mol. The van der Waals surface area contributed by atoms with Gasteiger partial charge >= 0.3 is 0 Å². The van der Waals surface area contributed by atoms with Crippen molar-refractivity contribution in [2.45, 2.75) is 18.3 Å². The molecule has 0 atom stereocenters. The van der Waals surface area contributed by atoms with E-state index >= 15 is 0 Å². The quantitative estimate of drug-likeness (QED) is 0.652. The molecule has 0 saturated heterocycles. The Morgan fingerprint density at radius 2 is 2.21 bits per heavy atom. The van der Waals surface area contributed by atoms with E-state index in [2.05, 4.69) is 4.98 Å². The molecule has 0 radical (unpaired) electrons. The molecule has 2 aliphatic rings. The maximum absolute atomic E-state index is 11.9. The summed E-state index contributed by atoms with van der Waals surface area (Å²) in [5.74, 6) is 0.670. The maximum Gasteiger partial charge on any atom is 0.239 e. The Kier molecular flexibility index (Phi) is 1.16. The molecule has 0 unspecified atom stereocenters. The van der Waals surface area contributed by atoms with Gasteiger partial charge in [0, 0.05) is 7.05 Å². The number of carbonyl (C=O) groups excluding carboxylic acids is 1. The zero-order valence-electron chi connectivity index (χ0n) is 7.95. The molecule has 0 aromatic carbocycles. The van der Waals surface area contributed by atoms with Crippen LogP contribution in [0.2, 0.25) is 0 Å². The predicted octanol–water partition coefficient (Wildman–Crippen LogP) is 0.672. The van der Waals surface area contributed by atoms with E-state index in [9.17, 15) is 4.79 Å². The van der Waals surface area contributed by atoms with Gasteiger partial charge in [-0.1, -0.05) is 0 Å². The molecule has 3 rings (SSSR count). The highest BCUT2D eigenvalue weighted by Gasteiger charge is 2.59. The third-order valence-electron chi connectivity index (χ3n) is 3.17. The van der Waals surface area contributed by atoms with E-state index in [1.807, 2.05) is 6.07 Å². The smallest absolute Gasteiger partial charge is 0.239 e. The lowest BCUT2D eigenvalue weighted by Crippen LogP contribution is -2.28. The molecule has 4 heteroatoms. The molecule has 1 spiro atoms. The second kappa shape index (κ2) is 2.08. The topological polar surface area (TPSA) is 59.2 Å². The van der Waals surface area contributed by atoms with Gasteiger partial charge in [-0.15, -0.1) is 0 Å². The van der Waals surface area contributed by atoms with Crippen LogP contribution < -0.4 is 10.6 Å². The fraction of sp³-hybridized carbons (Fsp3) is 0.400. The van der Waals surface area contributed by atoms with E-state index in [1.165, 1.54) is 0 Å². The Morgan fingerprint density at radius 3 is 2.86 bits per heavy atom. The van der Waals surface area contributed by atoms with Gasteiger partial charge in [-0.25, -0.2) is 4.98 Å². The van der Waals surface area contributed by atoms with Crippen LogP contribution in [0.5, 0.6) is 0 Å². The Morgan fingerprint density at radius 1 is 1.50 bits per heavy atom. The molecule has 1 aromatic heterocycles. The van der Waals surface area contributed by atoms with Gasteiger partial charge in [-0.05, 0) is 25.0 Å². The van der Waals surface area contributed by atoms with Crippen LogP contribution in [0.25, 0.3) is 0 Å². The third kappa shape index (κ3) is 0.697. The lowest BCUT2D eigenvalue weighted by atomic mass is 10.0. The SMILES string of the molecule is CN1C(=O)C2(CC2)c2nc(N)ccc21. The molecule has 1 aliphatic carbocycles. The number of likely N-dealkylation sites (N-methyl/N-ethyl adjacent to an activating group) is 1. The molecule has 14 heavy (non-hydrogen) atoms. The highest BCUT2D eigenvalue weighted by atomic mass is 16.2. The van der Waals surface area contributed by atoms with Crippen molar-refractivity contribution in [3.63, 3.8) is 0 Å². The number of rotatable bonds is 0. The van der Waals surface area contributed by atoms with Crippen LogP contribution >= 0.6 is 0 Å². The van der Waals surface area contributed by atoms with Gasteiger partial charge in [0.1, 0.15) is 5.82 Å². The molecule has 2 N–H and O–H groups in total. The third-order valence-corrected chi connectivity index (χ3v) is 3.17. The van der Waals surface area contributed by atoms with Crippen molar-refractivity contribution in [3.8, 4) is 0 Å². The molecule has 1 fully saturated rings. The first-order valence-electron chi connectivity index (χ1n) is 4.70. The van der Waals surface area contributed by atoms with Crippen molar-refractivity contribution in [2.24, 2.45) is 0 Å². The van der Waals surface area contributed by atoms with Gasteiger partial charge in [-0.2, -0.15) is 0 Å². The van der Waals surface area contributed by atoms with E-state index < -0.39 is 0 Å². The monoisotopic (exact) mass is 189 g/mol. The molecule has 0 bridgehead atoms. The summed E-state index contributed by atoms with van der Waals surface area (Å²) in [5, 5.41) is 0. The summed E-state index contributed by atoms with van der Waals surface area (Å²) in [6, 6.07) is 3.62. The number of fused-ring (bicyclic) bond motifs is 2. The number of nitrogens with two attached hydrogens (primary N) is 1. The molecule has 1 saturated carbocycles. The molecule has 1 aliphatic heterocycles. The fourth-order valence-electron chi connectivity index (χ4n) is 2.20. The predicted molar refractivity (Wildman–Crippen MR) is 53.0 cm³/mol. The van der Waals surface area contributed by atoms with Crippen molar-refractivity contribution < 1.29 is 4.79 Å². The van der Waals surface area contributed by atoms with Crippen LogP contribution in [0.15, 0.2) is 12.1 Å². The van der Waals surface area contributed by atoms with Gasteiger partial charge in [0.2, 0.25) is 5.91 Å². The van der Waals surface area contributed by atoms with E-state index in [0.29, 0.717) is 5.82 Å². The zero-order valence-corrected chi connectivity index (χ0v) is 7.95. The minimum absolute atomic E-state index is 0.172. The Balaban J connectivity index is 2.27. The Bertz CT molecular complexity index is 437. The van der Waals surface area contributed by atoms with Gasteiger partial charge in [0.15, 0.2) is 0 Å². The van der Waals surface area contributed by atoms with Crippen molar-refractivity contribution >= 4 is 17.4 Å². The summed E-state index contributed by atoms with van der Waals surface area (Å²) in [5.41, 5.74) is 7.12. The summed E-state index contributed by atoms with van der Waals surface area (Å²) < 4.78 is 0. The molecular formula is C10H11N3O. The van der Waals surface area contributed by atoms with Gasteiger partial charge in [0.05, 0.1) is 16.8 Å². The first-order chi connectivity index (χ1) is 6.65. The van der Waals surface area contributed by atoms with Crippen LogP contribution in [-0.4, -0.2) is 17.9 Å². The Labute approximate surface area is 81.7 Å². The second-order valence-electron chi connectivity index (χ2n) is 4.05. The molecule has 4 nitrogen and oxygen atoms in total. The van der Waals surface area contributed by atoms with Crippen LogP contribution in [0, 0.1) is 0 Å². The average Bonchev–Trinajstić information content (AvgIpc) is 2.93. The summed E-state index contributed by atoms with van der Waals surface area (Å²) in [7, 11) is 1.80. The summed E-state index contributed by atoms with van der Waals surface area (Å²) >= 11 is 0. The minimum atomic E-state index is -0.306. The minimum Gasteiger partial charge on any atom is -0.384 e. The number of aromatic nitrogens is 1. The number of amides is 1. The van der Waals surface area contributed by atoms with Crippen LogP contribution in [0.3, 0.4) is 0 Å². The first kappa shape index (κ1) is 7.79. The largest absolute Gasteiger partial charge is 0.384 e. The average molecular weight is 189 g/mol. The number of hydrogen-bond donors (Lipinski definition) is 1. The molecule has 1 amide bonds.